The maximum absolute atomic E-state index is 2.43. The van der Waals surface area contributed by atoms with Crippen LogP contribution in [0.1, 0.15) is 41.0 Å². The van der Waals surface area contributed by atoms with Gasteiger partial charge < -0.3 is 0 Å². The molecule has 0 nitrogen and oxygen atoms in total. The fourth-order valence-corrected chi connectivity index (χ4v) is 4.51. The van der Waals surface area contributed by atoms with E-state index in [0.717, 1.165) is 6.42 Å². The molecule has 3 aromatic rings. The Morgan fingerprint density at radius 2 is 1.59 bits per heavy atom. The Morgan fingerprint density at radius 1 is 0.818 bits per heavy atom. The van der Waals surface area contributed by atoms with Gasteiger partial charge in [0.2, 0.25) is 0 Å². The molecule has 0 aromatic heterocycles. The van der Waals surface area contributed by atoms with Gasteiger partial charge in [0.1, 0.15) is 0 Å². The fraction of sp³-hybridized carbons (Fsp3) is 0.182. The van der Waals surface area contributed by atoms with Crippen molar-refractivity contribution in [3.63, 3.8) is 0 Å². The normalized spacial score (nSPS) is 22.0. The molecule has 2 atom stereocenters. The zero-order valence-electron chi connectivity index (χ0n) is 12.7. The van der Waals surface area contributed by atoms with Gasteiger partial charge in [0.15, 0.2) is 0 Å². The number of rotatable bonds is 1. The standard InChI is InChI=1S/C22H18/c1-14-19-10-4-8-15-9-5-11-20(22(15)19)21(14)18-12-16-6-2-3-7-17(16)13-18/h2-12,14,21H,13H2,1H3. The lowest BCUT2D eigenvalue weighted by Gasteiger charge is -2.19. The van der Waals surface area contributed by atoms with Gasteiger partial charge in [-0.25, -0.2) is 0 Å². The highest BCUT2D eigenvalue weighted by Gasteiger charge is 2.34. The smallest absolute Gasteiger partial charge is 0.0127 e. The minimum Gasteiger partial charge on any atom is -0.0619 e. The second-order valence-corrected chi connectivity index (χ2v) is 6.65. The van der Waals surface area contributed by atoms with Gasteiger partial charge >= 0.3 is 0 Å². The topological polar surface area (TPSA) is 0 Å². The van der Waals surface area contributed by atoms with Crippen LogP contribution in [0.15, 0.2) is 66.2 Å². The van der Waals surface area contributed by atoms with Crippen LogP contribution < -0.4 is 0 Å². The molecule has 22 heavy (non-hydrogen) atoms. The van der Waals surface area contributed by atoms with Crippen LogP contribution in [0.2, 0.25) is 0 Å². The second-order valence-electron chi connectivity index (χ2n) is 6.65. The SMILES string of the molecule is CC1c2cccc3cccc(c23)C1C1=Cc2ccccc2C1. The summed E-state index contributed by atoms with van der Waals surface area (Å²) in [5, 5.41) is 2.89. The summed E-state index contributed by atoms with van der Waals surface area (Å²) in [5.74, 6) is 1.11. The zero-order valence-corrected chi connectivity index (χ0v) is 12.7. The van der Waals surface area contributed by atoms with Gasteiger partial charge in [-0.3, -0.25) is 0 Å². The molecule has 0 heterocycles. The first-order valence-electron chi connectivity index (χ1n) is 8.13. The summed E-state index contributed by atoms with van der Waals surface area (Å²) in [5.41, 5.74) is 7.52. The molecular formula is C22H18. The van der Waals surface area contributed by atoms with Crippen LogP contribution in [0.3, 0.4) is 0 Å². The molecule has 0 saturated heterocycles. The van der Waals surface area contributed by atoms with E-state index in [1.165, 1.54) is 33.0 Å². The summed E-state index contributed by atoms with van der Waals surface area (Å²) in [7, 11) is 0. The lowest BCUT2D eigenvalue weighted by Crippen LogP contribution is -2.05. The molecule has 106 valence electrons. The fourth-order valence-electron chi connectivity index (χ4n) is 4.51. The van der Waals surface area contributed by atoms with Crippen molar-refractivity contribution in [2.45, 2.75) is 25.2 Å². The maximum Gasteiger partial charge on any atom is 0.0127 e. The largest absolute Gasteiger partial charge is 0.0619 e. The van der Waals surface area contributed by atoms with E-state index in [1.54, 1.807) is 5.57 Å². The third-order valence-corrected chi connectivity index (χ3v) is 5.48. The Kier molecular flexibility index (Phi) is 2.41. The molecule has 5 rings (SSSR count). The first kappa shape index (κ1) is 12.2. The van der Waals surface area contributed by atoms with Crippen LogP contribution in [-0.4, -0.2) is 0 Å². The van der Waals surface area contributed by atoms with Crippen LogP contribution in [0.4, 0.5) is 0 Å². The third kappa shape index (κ3) is 1.53. The summed E-state index contributed by atoms with van der Waals surface area (Å²) in [6.07, 6.45) is 3.54. The van der Waals surface area contributed by atoms with Crippen LogP contribution in [-0.2, 0) is 6.42 Å². The van der Waals surface area contributed by atoms with Crippen LogP contribution in [0.5, 0.6) is 0 Å². The van der Waals surface area contributed by atoms with Crippen molar-refractivity contribution >= 4 is 16.8 Å². The molecule has 0 saturated carbocycles. The Morgan fingerprint density at radius 3 is 2.41 bits per heavy atom. The van der Waals surface area contributed by atoms with E-state index in [2.05, 4.69) is 73.7 Å². The van der Waals surface area contributed by atoms with Gasteiger partial charge in [-0.1, -0.05) is 79.2 Å². The first-order valence-corrected chi connectivity index (χ1v) is 8.13. The maximum atomic E-state index is 2.43. The lowest BCUT2D eigenvalue weighted by atomic mass is 9.84. The van der Waals surface area contributed by atoms with Crippen LogP contribution >= 0.6 is 0 Å². The Hall–Kier alpha value is -2.34. The van der Waals surface area contributed by atoms with Gasteiger partial charge in [0.05, 0.1) is 0 Å². The predicted molar refractivity (Wildman–Crippen MR) is 93.2 cm³/mol. The van der Waals surface area contributed by atoms with Crippen LogP contribution in [0.25, 0.3) is 16.8 Å². The molecule has 2 unspecified atom stereocenters. The van der Waals surface area contributed by atoms with Crippen molar-refractivity contribution in [1.29, 1.82) is 0 Å². The molecule has 0 amide bonds. The van der Waals surface area contributed by atoms with Gasteiger partial charge in [-0.15, -0.1) is 0 Å². The van der Waals surface area contributed by atoms with E-state index < -0.39 is 0 Å². The summed E-state index contributed by atoms with van der Waals surface area (Å²) in [4.78, 5) is 0. The molecule has 0 N–H and O–H groups in total. The summed E-state index contributed by atoms with van der Waals surface area (Å²) >= 11 is 0. The minimum absolute atomic E-state index is 0.536. The quantitative estimate of drug-likeness (QED) is 0.538. The van der Waals surface area contributed by atoms with Gasteiger partial charge in [-0.05, 0) is 45.4 Å². The minimum atomic E-state index is 0.536. The molecule has 0 spiro atoms. The number of fused-ring (bicyclic) bond motifs is 1. The summed E-state index contributed by atoms with van der Waals surface area (Å²) in [6.45, 7) is 2.39. The predicted octanol–water partition coefficient (Wildman–Crippen LogP) is 5.68. The lowest BCUT2D eigenvalue weighted by molar-refractivity contribution is 0.671. The van der Waals surface area contributed by atoms with E-state index in [9.17, 15) is 0 Å². The summed E-state index contributed by atoms with van der Waals surface area (Å²) in [6, 6.07) is 22.4. The van der Waals surface area contributed by atoms with E-state index in [1.807, 2.05) is 0 Å². The van der Waals surface area contributed by atoms with Crippen molar-refractivity contribution in [3.8, 4) is 0 Å². The van der Waals surface area contributed by atoms with Crippen LogP contribution in [0, 0.1) is 0 Å². The highest BCUT2D eigenvalue weighted by atomic mass is 14.4. The summed E-state index contributed by atoms with van der Waals surface area (Å²) < 4.78 is 0. The second kappa shape index (κ2) is 4.33. The monoisotopic (exact) mass is 282 g/mol. The number of hydrogen-bond acceptors (Lipinski definition) is 0. The molecule has 0 radical (unpaired) electrons. The average molecular weight is 282 g/mol. The average Bonchev–Trinajstić information content (AvgIpc) is 3.09. The van der Waals surface area contributed by atoms with Crippen molar-refractivity contribution < 1.29 is 0 Å². The molecule has 3 aromatic carbocycles. The molecule has 0 fully saturated rings. The van der Waals surface area contributed by atoms with E-state index in [-0.39, 0.29) is 0 Å². The molecule has 2 aliphatic carbocycles. The highest BCUT2D eigenvalue weighted by Crippen LogP contribution is 2.51. The number of hydrogen-bond donors (Lipinski definition) is 0. The van der Waals surface area contributed by atoms with Crippen molar-refractivity contribution in [1.82, 2.24) is 0 Å². The highest BCUT2D eigenvalue weighted by molar-refractivity contribution is 5.93. The van der Waals surface area contributed by atoms with E-state index >= 15 is 0 Å². The van der Waals surface area contributed by atoms with Crippen molar-refractivity contribution in [2.75, 3.05) is 0 Å². The molecular weight excluding hydrogens is 264 g/mol. The van der Waals surface area contributed by atoms with Gasteiger partial charge in [0, 0.05) is 5.92 Å². The van der Waals surface area contributed by atoms with Gasteiger partial charge in [-0.2, -0.15) is 0 Å². The number of benzene rings is 3. The Bertz CT molecular complexity index is 924. The third-order valence-electron chi connectivity index (χ3n) is 5.48. The molecule has 0 bridgehead atoms. The Labute approximate surface area is 131 Å². The Balaban J connectivity index is 1.69. The van der Waals surface area contributed by atoms with Crippen molar-refractivity contribution in [2.24, 2.45) is 0 Å². The zero-order chi connectivity index (χ0) is 14.7. The molecule has 0 aliphatic heterocycles. The molecule has 2 aliphatic rings. The van der Waals surface area contributed by atoms with Crippen molar-refractivity contribution in [3.05, 3.63) is 88.5 Å². The van der Waals surface area contributed by atoms with E-state index in [0.29, 0.717) is 11.8 Å². The van der Waals surface area contributed by atoms with E-state index in [4.69, 9.17) is 0 Å². The number of allylic oxidation sites excluding steroid dienone is 1. The molecule has 0 heteroatoms. The first-order chi connectivity index (χ1) is 10.8. The van der Waals surface area contributed by atoms with Gasteiger partial charge in [0.25, 0.3) is 0 Å².